The maximum Gasteiger partial charge on any atom is 0.00673 e. The maximum atomic E-state index is 6.32. The van der Waals surface area contributed by atoms with Crippen LogP contribution in [0.4, 0.5) is 0 Å². The Bertz CT molecular complexity index is 272. The molecule has 2 heteroatoms. The largest absolute Gasteiger partial charge is 0.327 e. The van der Waals surface area contributed by atoms with Crippen LogP contribution in [0.25, 0.3) is 0 Å². The van der Waals surface area contributed by atoms with Gasteiger partial charge in [0.2, 0.25) is 0 Å². The molecular formula is C17H34N2. The van der Waals surface area contributed by atoms with E-state index in [4.69, 9.17) is 11.5 Å². The molecule has 0 aliphatic heterocycles. The lowest BCUT2D eigenvalue weighted by atomic mass is 9.58. The van der Waals surface area contributed by atoms with Gasteiger partial charge in [-0.3, -0.25) is 0 Å². The standard InChI is InChI=1S/C17H34N2/c1-11-5-7-13(9-15(11)18)17(3,4)14-8-6-12(2)16(19)10-14/h11-16H,5-10,18-19H2,1-4H3. The van der Waals surface area contributed by atoms with E-state index in [-0.39, 0.29) is 0 Å². The van der Waals surface area contributed by atoms with Crippen LogP contribution < -0.4 is 11.5 Å². The second kappa shape index (κ2) is 5.73. The van der Waals surface area contributed by atoms with Crippen molar-refractivity contribution < 1.29 is 0 Å². The summed E-state index contributed by atoms with van der Waals surface area (Å²) in [6, 6.07) is 0.823. The van der Waals surface area contributed by atoms with Gasteiger partial charge >= 0.3 is 0 Å². The SMILES string of the molecule is CC1CCC(C(C)(C)C2CCC(C)C(N)C2)CC1N. The first-order chi connectivity index (χ1) is 8.82. The number of hydrogen-bond acceptors (Lipinski definition) is 2. The normalized spacial score (nSPS) is 45.2. The Balaban J connectivity index is 2.01. The molecule has 6 unspecified atom stereocenters. The molecule has 19 heavy (non-hydrogen) atoms. The molecule has 2 aliphatic carbocycles. The fourth-order valence-electron chi connectivity index (χ4n) is 4.40. The number of rotatable bonds is 2. The smallest absolute Gasteiger partial charge is 0.00673 e. The molecule has 0 aromatic carbocycles. The quantitative estimate of drug-likeness (QED) is 0.803. The second-order valence-corrected chi connectivity index (χ2v) is 8.12. The van der Waals surface area contributed by atoms with E-state index in [1.54, 1.807) is 0 Å². The van der Waals surface area contributed by atoms with Crippen molar-refractivity contribution in [2.24, 2.45) is 40.6 Å². The zero-order chi connectivity index (χ0) is 14.2. The second-order valence-electron chi connectivity index (χ2n) is 8.12. The highest BCUT2D eigenvalue weighted by molar-refractivity contribution is 4.94. The van der Waals surface area contributed by atoms with Crippen molar-refractivity contribution >= 4 is 0 Å². The molecule has 4 N–H and O–H groups in total. The van der Waals surface area contributed by atoms with E-state index in [1.165, 1.54) is 38.5 Å². The third kappa shape index (κ3) is 3.16. The van der Waals surface area contributed by atoms with Crippen LogP contribution in [0.3, 0.4) is 0 Å². The van der Waals surface area contributed by atoms with Crippen molar-refractivity contribution in [3.63, 3.8) is 0 Å². The molecule has 2 rings (SSSR count). The molecule has 6 atom stereocenters. The molecule has 0 radical (unpaired) electrons. The molecule has 0 spiro atoms. The van der Waals surface area contributed by atoms with Crippen molar-refractivity contribution in [3.05, 3.63) is 0 Å². The van der Waals surface area contributed by atoms with Crippen molar-refractivity contribution in [1.82, 2.24) is 0 Å². The van der Waals surface area contributed by atoms with Crippen molar-refractivity contribution in [1.29, 1.82) is 0 Å². The van der Waals surface area contributed by atoms with E-state index < -0.39 is 0 Å². The van der Waals surface area contributed by atoms with Crippen molar-refractivity contribution in [2.45, 2.75) is 78.3 Å². The monoisotopic (exact) mass is 266 g/mol. The van der Waals surface area contributed by atoms with Gasteiger partial charge < -0.3 is 11.5 Å². The first kappa shape index (κ1) is 15.3. The van der Waals surface area contributed by atoms with E-state index in [0.29, 0.717) is 29.3 Å². The van der Waals surface area contributed by atoms with E-state index in [2.05, 4.69) is 27.7 Å². The summed E-state index contributed by atoms with van der Waals surface area (Å²) in [4.78, 5) is 0. The Kier molecular flexibility index (Phi) is 4.62. The molecule has 112 valence electrons. The fourth-order valence-corrected chi connectivity index (χ4v) is 4.40. The molecule has 2 fully saturated rings. The van der Waals surface area contributed by atoms with Crippen LogP contribution in [0.5, 0.6) is 0 Å². The molecule has 0 saturated heterocycles. The van der Waals surface area contributed by atoms with E-state index in [0.717, 1.165) is 11.8 Å². The topological polar surface area (TPSA) is 52.0 Å². The van der Waals surface area contributed by atoms with Crippen molar-refractivity contribution in [3.8, 4) is 0 Å². The highest BCUT2D eigenvalue weighted by atomic mass is 14.7. The maximum absolute atomic E-state index is 6.32. The summed E-state index contributed by atoms with van der Waals surface area (Å²) in [7, 11) is 0. The molecular weight excluding hydrogens is 232 g/mol. The molecule has 0 heterocycles. The predicted octanol–water partition coefficient (Wildman–Crippen LogP) is 3.54. The van der Waals surface area contributed by atoms with Gasteiger partial charge in [-0.15, -0.1) is 0 Å². The lowest BCUT2D eigenvalue weighted by molar-refractivity contribution is 0.0303. The molecule has 0 amide bonds. The summed E-state index contributed by atoms with van der Waals surface area (Å²) in [5.74, 6) is 3.01. The number of nitrogens with two attached hydrogens (primary N) is 2. The molecule has 2 aliphatic rings. The Morgan fingerprint density at radius 3 is 1.42 bits per heavy atom. The van der Waals surface area contributed by atoms with E-state index in [1.807, 2.05) is 0 Å². The lowest BCUT2D eigenvalue weighted by Gasteiger charge is -2.48. The van der Waals surface area contributed by atoms with Crippen LogP contribution in [0.2, 0.25) is 0 Å². The van der Waals surface area contributed by atoms with Crippen molar-refractivity contribution in [2.75, 3.05) is 0 Å². The molecule has 0 aromatic rings. The van der Waals surface area contributed by atoms with Crippen LogP contribution in [0, 0.1) is 29.1 Å². The van der Waals surface area contributed by atoms with Crippen LogP contribution in [-0.2, 0) is 0 Å². The van der Waals surface area contributed by atoms with Gasteiger partial charge in [-0.1, -0.05) is 27.7 Å². The molecule has 0 aromatic heterocycles. The van der Waals surface area contributed by atoms with E-state index >= 15 is 0 Å². The van der Waals surface area contributed by atoms with Gasteiger partial charge in [0.05, 0.1) is 0 Å². The minimum absolute atomic E-state index is 0.411. The van der Waals surface area contributed by atoms with Gasteiger partial charge in [-0.2, -0.15) is 0 Å². The predicted molar refractivity (Wildman–Crippen MR) is 82.7 cm³/mol. The number of hydrogen-bond donors (Lipinski definition) is 2. The minimum Gasteiger partial charge on any atom is -0.327 e. The van der Waals surface area contributed by atoms with Crippen LogP contribution in [-0.4, -0.2) is 12.1 Å². The Morgan fingerprint density at radius 2 is 1.11 bits per heavy atom. The third-order valence-corrected chi connectivity index (χ3v) is 6.62. The van der Waals surface area contributed by atoms with Gasteiger partial charge in [0.15, 0.2) is 0 Å². The van der Waals surface area contributed by atoms with Gasteiger partial charge in [-0.05, 0) is 67.6 Å². The first-order valence-electron chi connectivity index (χ1n) is 8.33. The summed E-state index contributed by atoms with van der Waals surface area (Å²) in [5, 5.41) is 0. The summed E-state index contributed by atoms with van der Waals surface area (Å²) in [6.45, 7) is 9.58. The van der Waals surface area contributed by atoms with Crippen LogP contribution in [0.15, 0.2) is 0 Å². The van der Waals surface area contributed by atoms with Gasteiger partial charge in [0.25, 0.3) is 0 Å². The van der Waals surface area contributed by atoms with E-state index in [9.17, 15) is 0 Å². The summed E-state index contributed by atoms with van der Waals surface area (Å²) < 4.78 is 0. The molecule has 0 bridgehead atoms. The first-order valence-corrected chi connectivity index (χ1v) is 8.33. The van der Waals surface area contributed by atoms with Crippen LogP contribution >= 0.6 is 0 Å². The van der Waals surface area contributed by atoms with Gasteiger partial charge in [0.1, 0.15) is 0 Å². The Hall–Kier alpha value is -0.0800. The van der Waals surface area contributed by atoms with Gasteiger partial charge in [-0.25, -0.2) is 0 Å². The molecule has 2 saturated carbocycles. The highest BCUT2D eigenvalue weighted by Gasteiger charge is 2.42. The van der Waals surface area contributed by atoms with Gasteiger partial charge in [0, 0.05) is 12.1 Å². The van der Waals surface area contributed by atoms with Crippen LogP contribution in [0.1, 0.15) is 66.2 Å². The average Bonchev–Trinajstić information content (AvgIpc) is 2.35. The Morgan fingerprint density at radius 1 is 0.737 bits per heavy atom. The summed E-state index contributed by atoms with van der Waals surface area (Å²) >= 11 is 0. The molecule has 2 nitrogen and oxygen atoms in total. The zero-order valence-corrected chi connectivity index (χ0v) is 13.4. The summed E-state index contributed by atoms with van der Waals surface area (Å²) in [5.41, 5.74) is 13.1. The summed E-state index contributed by atoms with van der Waals surface area (Å²) in [6.07, 6.45) is 7.78. The fraction of sp³-hybridized carbons (Fsp3) is 1.00. The zero-order valence-electron chi connectivity index (χ0n) is 13.4. The third-order valence-electron chi connectivity index (χ3n) is 6.62. The average molecular weight is 266 g/mol. The minimum atomic E-state index is 0.411. The lowest BCUT2D eigenvalue weighted by Crippen LogP contribution is -2.46. The Labute approximate surface area is 119 Å². The highest BCUT2D eigenvalue weighted by Crippen LogP contribution is 2.49.